The first-order chi connectivity index (χ1) is 16.9. The van der Waals surface area contributed by atoms with Gasteiger partial charge >= 0.3 is 0 Å². The van der Waals surface area contributed by atoms with Gasteiger partial charge in [-0.1, -0.05) is 54.3 Å². The van der Waals surface area contributed by atoms with Crippen molar-refractivity contribution in [1.29, 1.82) is 0 Å². The number of nitrogens with zero attached hydrogens (tertiary/aromatic N) is 2. The predicted molar refractivity (Wildman–Crippen MR) is 132 cm³/mol. The van der Waals surface area contributed by atoms with Crippen LogP contribution in [-0.2, 0) is 9.63 Å². The summed E-state index contributed by atoms with van der Waals surface area (Å²) in [4.78, 5) is 21.2. The van der Waals surface area contributed by atoms with E-state index in [1.165, 1.54) is 24.3 Å². The molecular formula is C29H27FN2O3. The fourth-order valence-electron chi connectivity index (χ4n) is 5.34. The van der Waals surface area contributed by atoms with Gasteiger partial charge in [0.05, 0.1) is 18.8 Å². The number of anilines is 1. The maximum atomic E-state index is 13.8. The number of hydrogen-bond donors (Lipinski definition) is 0. The van der Waals surface area contributed by atoms with E-state index in [4.69, 9.17) is 9.57 Å². The first-order valence-corrected chi connectivity index (χ1v) is 11.6. The van der Waals surface area contributed by atoms with Gasteiger partial charge in [-0.2, -0.15) is 0 Å². The summed E-state index contributed by atoms with van der Waals surface area (Å²) in [6, 6.07) is 23.7. The molecule has 0 spiro atoms. The van der Waals surface area contributed by atoms with Gasteiger partial charge in [0.2, 0.25) is 0 Å². The van der Waals surface area contributed by atoms with Gasteiger partial charge in [0.15, 0.2) is 5.72 Å². The van der Waals surface area contributed by atoms with Crippen molar-refractivity contribution in [3.05, 3.63) is 95.8 Å². The third-order valence-corrected chi connectivity index (χ3v) is 6.99. The molecule has 3 aromatic carbocycles. The molecule has 5 nitrogen and oxygen atoms in total. The topological polar surface area (TPSA) is 42.0 Å². The molecule has 1 amide bonds. The zero-order valence-corrected chi connectivity index (χ0v) is 19.9. The van der Waals surface area contributed by atoms with E-state index < -0.39 is 11.6 Å². The van der Waals surface area contributed by atoms with Gasteiger partial charge < -0.3 is 9.64 Å². The molecule has 0 bridgehead atoms. The Labute approximate surface area is 205 Å². The minimum atomic E-state index is -1.03. The lowest BCUT2D eigenvalue weighted by Gasteiger charge is -2.51. The molecule has 35 heavy (non-hydrogen) atoms. The zero-order valence-electron chi connectivity index (χ0n) is 19.9. The Morgan fingerprint density at radius 1 is 1.09 bits per heavy atom. The van der Waals surface area contributed by atoms with Gasteiger partial charge in [0.25, 0.3) is 5.91 Å². The van der Waals surface area contributed by atoms with Crippen molar-refractivity contribution in [1.82, 2.24) is 5.06 Å². The molecule has 178 valence electrons. The Bertz CT molecular complexity index is 1280. The van der Waals surface area contributed by atoms with Gasteiger partial charge in [0, 0.05) is 18.5 Å². The van der Waals surface area contributed by atoms with Crippen LogP contribution in [-0.4, -0.2) is 36.9 Å². The predicted octanol–water partition coefficient (Wildman–Crippen LogP) is 4.98. The van der Waals surface area contributed by atoms with Gasteiger partial charge in [-0.3, -0.25) is 9.63 Å². The van der Waals surface area contributed by atoms with Crippen molar-refractivity contribution in [2.45, 2.75) is 31.0 Å². The van der Waals surface area contributed by atoms with Crippen LogP contribution in [0.2, 0.25) is 0 Å². The van der Waals surface area contributed by atoms with Crippen LogP contribution in [0.1, 0.15) is 30.4 Å². The van der Waals surface area contributed by atoms with Crippen molar-refractivity contribution in [2.24, 2.45) is 5.92 Å². The van der Waals surface area contributed by atoms with Gasteiger partial charge in [-0.15, -0.1) is 0 Å². The molecular weight excluding hydrogens is 443 g/mol. The van der Waals surface area contributed by atoms with Crippen LogP contribution >= 0.6 is 0 Å². The number of halogens is 1. The molecule has 0 aromatic heterocycles. The summed E-state index contributed by atoms with van der Waals surface area (Å²) in [7, 11) is 3.06. The van der Waals surface area contributed by atoms with Gasteiger partial charge in [-0.05, 0) is 55.3 Å². The first-order valence-electron chi connectivity index (χ1n) is 11.6. The largest absolute Gasteiger partial charge is 0.465 e. The lowest BCUT2D eigenvalue weighted by atomic mass is 9.71. The number of amides is 1. The molecule has 2 heterocycles. The smallest absolute Gasteiger partial charge is 0.255 e. The number of carbonyl (C=O) groups excluding carboxylic acids is 1. The Morgan fingerprint density at radius 3 is 2.49 bits per heavy atom. The highest BCUT2D eigenvalue weighted by atomic mass is 19.1. The van der Waals surface area contributed by atoms with Crippen molar-refractivity contribution in [3.8, 4) is 17.6 Å². The van der Waals surface area contributed by atoms with Crippen molar-refractivity contribution >= 4 is 11.6 Å². The molecule has 1 saturated heterocycles. The number of rotatable bonds is 3. The summed E-state index contributed by atoms with van der Waals surface area (Å²) in [6.45, 7) is 1.94. The van der Waals surface area contributed by atoms with Gasteiger partial charge in [0.1, 0.15) is 17.5 Å². The van der Waals surface area contributed by atoms with Crippen molar-refractivity contribution in [3.63, 3.8) is 0 Å². The Hall–Kier alpha value is -3.82. The number of ether oxygens (including phenoxy) is 1. The molecule has 5 rings (SSSR count). The summed E-state index contributed by atoms with van der Waals surface area (Å²) in [5, 5.41) is 1.24. The SMILES string of the molecule is CON(C)C(=O)[C@H]1[C@H](c2ccc(F)cc2)C[C@@H](C#Cc2ccccc2)N2c3ccccc3O[C@]12C. The minimum absolute atomic E-state index is 0.211. The summed E-state index contributed by atoms with van der Waals surface area (Å²) < 4.78 is 20.4. The van der Waals surface area contributed by atoms with E-state index >= 15 is 0 Å². The lowest BCUT2D eigenvalue weighted by Crippen LogP contribution is -2.65. The fraction of sp³-hybridized carbons (Fsp3) is 0.276. The molecule has 1 fully saturated rings. The molecule has 0 N–H and O–H groups in total. The summed E-state index contributed by atoms with van der Waals surface area (Å²) in [6.07, 6.45) is 0.562. The molecule has 2 aliphatic heterocycles. The van der Waals surface area contributed by atoms with Crippen LogP contribution in [0.3, 0.4) is 0 Å². The Morgan fingerprint density at radius 2 is 1.77 bits per heavy atom. The second kappa shape index (κ2) is 9.09. The van der Waals surface area contributed by atoms with E-state index in [0.29, 0.717) is 12.2 Å². The van der Waals surface area contributed by atoms with E-state index in [-0.39, 0.29) is 23.7 Å². The molecule has 6 heteroatoms. The van der Waals surface area contributed by atoms with E-state index in [2.05, 4.69) is 16.7 Å². The highest BCUT2D eigenvalue weighted by molar-refractivity contribution is 5.83. The third kappa shape index (κ3) is 4.02. The number of benzene rings is 3. The fourth-order valence-corrected chi connectivity index (χ4v) is 5.34. The molecule has 3 aromatic rings. The standard InChI is InChI=1S/C29H27FN2O3/c1-29-27(28(33)31(2)34-3)24(21-14-16-22(30)17-15-21)19-23(18-13-20-9-5-4-6-10-20)32(29)25-11-7-8-12-26(25)35-29/h4-12,14-17,23-24,27H,19H2,1-3H3/t23-,24+,27-,29-/m1/s1. The number of para-hydroxylation sites is 2. The zero-order chi connectivity index (χ0) is 24.6. The number of carbonyl (C=O) groups is 1. The molecule has 4 atom stereocenters. The van der Waals surface area contributed by atoms with Crippen LogP contribution in [0.5, 0.6) is 5.75 Å². The molecule has 0 aliphatic carbocycles. The van der Waals surface area contributed by atoms with Crippen LogP contribution in [0.15, 0.2) is 78.9 Å². The number of piperidine rings is 1. The van der Waals surface area contributed by atoms with Crippen LogP contribution in [0.25, 0.3) is 0 Å². The molecule has 0 radical (unpaired) electrons. The number of hydrogen-bond acceptors (Lipinski definition) is 4. The Balaban J connectivity index is 1.66. The highest BCUT2D eigenvalue weighted by Crippen LogP contribution is 2.55. The average molecular weight is 471 g/mol. The van der Waals surface area contributed by atoms with E-state index in [1.54, 1.807) is 19.2 Å². The normalized spacial score (nSPS) is 24.5. The lowest BCUT2D eigenvalue weighted by molar-refractivity contribution is -0.182. The maximum absolute atomic E-state index is 13.8. The second-order valence-electron chi connectivity index (χ2n) is 9.04. The molecule has 0 unspecified atom stereocenters. The van der Waals surface area contributed by atoms with Crippen LogP contribution in [0, 0.1) is 23.6 Å². The third-order valence-electron chi connectivity index (χ3n) is 6.99. The van der Waals surface area contributed by atoms with E-state index in [1.807, 2.05) is 61.5 Å². The van der Waals surface area contributed by atoms with E-state index in [9.17, 15) is 9.18 Å². The second-order valence-corrected chi connectivity index (χ2v) is 9.04. The monoisotopic (exact) mass is 470 g/mol. The highest BCUT2D eigenvalue weighted by Gasteiger charge is 2.60. The minimum Gasteiger partial charge on any atom is -0.465 e. The van der Waals surface area contributed by atoms with Crippen LogP contribution < -0.4 is 9.64 Å². The van der Waals surface area contributed by atoms with E-state index in [0.717, 1.165) is 16.8 Å². The summed E-state index contributed by atoms with van der Waals surface area (Å²) >= 11 is 0. The summed E-state index contributed by atoms with van der Waals surface area (Å²) in [5.74, 6) is 6.04. The number of hydroxylamine groups is 2. The Kier molecular flexibility index (Phi) is 5.96. The van der Waals surface area contributed by atoms with Crippen molar-refractivity contribution < 1.29 is 18.8 Å². The summed E-state index contributed by atoms with van der Waals surface area (Å²) in [5.41, 5.74) is 1.65. The maximum Gasteiger partial charge on any atom is 0.255 e. The van der Waals surface area contributed by atoms with Crippen LogP contribution in [0.4, 0.5) is 10.1 Å². The van der Waals surface area contributed by atoms with Crippen molar-refractivity contribution in [2.75, 3.05) is 19.1 Å². The average Bonchev–Trinajstić information content (AvgIpc) is 3.19. The van der Waals surface area contributed by atoms with Gasteiger partial charge in [-0.25, -0.2) is 9.45 Å². The molecule has 2 aliphatic rings. The quantitative estimate of drug-likeness (QED) is 0.400. The first kappa shape index (κ1) is 22.9. The molecule has 0 saturated carbocycles. The number of fused-ring (bicyclic) bond motifs is 3.